The van der Waals surface area contributed by atoms with Gasteiger partial charge in [-0.1, -0.05) is 0 Å². The zero-order chi connectivity index (χ0) is 16.1. The largest absolute Gasteiger partial charge is 0.372 e. The van der Waals surface area contributed by atoms with Gasteiger partial charge in [-0.3, -0.25) is 4.79 Å². The van der Waals surface area contributed by atoms with Gasteiger partial charge in [0.05, 0.1) is 0 Å². The lowest BCUT2D eigenvalue weighted by molar-refractivity contribution is -0.117. The summed E-state index contributed by atoms with van der Waals surface area (Å²) in [5.74, 6) is 0.698. The van der Waals surface area contributed by atoms with E-state index in [9.17, 15) is 4.79 Å². The second-order valence-corrected chi connectivity index (χ2v) is 7.09. The number of nitrogens with one attached hydrogen (secondary N) is 1. The third kappa shape index (κ3) is 4.71. The van der Waals surface area contributed by atoms with E-state index in [1.165, 1.54) is 24.9 Å². The first-order valence-electron chi connectivity index (χ1n) is 9.04. The van der Waals surface area contributed by atoms with Crippen LogP contribution >= 0.6 is 0 Å². The van der Waals surface area contributed by atoms with Gasteiger partial charge in [-0.05, 0) is 82.4 Å². The molecule has 0 aliphatic carbocycles. The van der Waals surface area contributed by atoms with Crippen molar-refractivity contribution in [3.8, 4) is 0 Å². The van der Waals surface area contributed by atoms with Gasteiger partial charge < -0.3 is 15.1 Å². The van der Waals surface area contributed by atoms with Crippen LogP contribution in [-0.2, 0) is 4.79 Å². The topological polar surface area (TPSA) is 35.6 Å². The van der Waals surface area contributed by atoms with E-state index in [4.69, 9.17) is 0 Å². The van der Waals surface area contributed by atoms with E-state index in [2.05, 4.69) is 34.3 Å². The first kappa shape index (κ1) is 16.3. The Hall–Kier alpha value is -1.55. The summed E-state index contributed by atoms with van der Waals surface area (Å²) in [6.07, 6.45) is 6.85. The highest BCUT2D eigenvalue weighted by atomic mass is 16.1. The van der Waals surface area contributed by atoms with Crippen molar-refractivity contribution in [1.29, 1.82) is 0 Å². The van der Waals surface area contributed by atoms with Gasteiger partial charge in [0.1, 0.15) is 0 Å². The third-order valence-corrected chi connectivity index (χ3v) is 5.18. The van der Waals surface area contributed by atoms with Crippen LogP contribution in [0.3, 0.4) is 0 Å². The number of rotatable bonds is 4. The first-order chi connectivity index (χ1) is 11.2. The Balaban J connectivity index is 1.48. The molecule has 4 heteroatoms. The van der Waals surface area contributed by atoms with Crippen LogP contribution in [0.4, 0.5) is 11.4 Å². The van der Waals surface area contributed by atoms with Crippen LogP contribution in [0.1, 0.15) is 38.5 Å². The van der Waals surface area contributed by atoms with E-state index < -0.39 is 0 Å². The smallest absolute Gasteiger partial charge is 0.224 e. The van der Waals surface area contributed by atoms with E-state index in [0.29, 0.717) is 12.3 Å². The molecule has 0 spiro atoms. The van der Waals surface area contributed by atoms with E-state index >= 15 is 0 Å². The molecular weight excluding hydrogens is 286 g/mol. The number of piperidine rings is 2. The molecule has 126 valence electrons. The number of anilines is 2. The molecule has 2 saturated heterocycles. The van der Waals surface area contributed by atoms with Crippen molar-refractivity contribution >= 4 is 17.3 Å². The summed E-state index contributed by atoms with van der Waals surface area (Å²) in [7, 11) is 2.15. The molecule has 1 N–H and O–H groups in total. The molecule has 0 saturated carbocycles. The molecule has 0 aromatic heterocycles. The summed E-state index contributed by atoms with van der Waals surface area (Å²) in [5, 5.41) is 3.06. The summed E-state index contributed by atoms with van der Waals surface area (Å²) >= 11 is 0. The average molecular weight is 315 g/mol. The second-order valence-electron chi connectivity index (χ2n) is 7.09. The molecule has 2 aliphatic rings. The molecule has 3 rings (SSSR count). The molecule has 2 heterocycles. The van der Waals surface area contributed by atoms with Crippen LogP contribution in [0.2, 0.25) is 0 Å². The number of benzene rings is 1. The number of hydrogen-bond donors (Lipinski definition) is 1. The average Bonchev–Trinajstić information content (AvgIpc) is 2.58. The fourth-order valence-corrected chi connectivity index (χ4v) is 3.65. The van der Waals surface area contributed by atoms with Gasteiger partial charge in [0, 0.05) is 30.9 Å². The fraction of sp³-hybridized carbons (Fsp3) is 0.632. The minimum absolute atomic E-state index is 0.158. The molecule has 0 atom stereocenters. The van der Waals surface area contributed by atoms with Crippen molar-refractivity contribution in [1.82, 2.24) is 4.90 Å². The van der Waals surface area contributed by atoms with E-state index in [-0.39, 0.29) is 5.91 Å². The second kappa shape index (κ2) is 7.82. The van der Waals surface area contributed by atoms with E-state index in [1.54, 1.807) is 0 Å². The Morgan fingerprint density at radius 1 is 1.04 bits per heavy atom. The molecular formula is C19H29N3O. The van der Waals surface area contributed by atoms with Gasteiger partial charge in [-0.2, -0.15) is 0 Å². The molecule has 1 aromatic rings. The zero-order valence-electron chi connectivity index (χ0n) is 14.3. The van der Waals surface area contributed by atoms with Crippen molar-refractivity contribution < 1.29 is 4.79 Å². The van der Waals surface area contributed by atoms with Gasteiger partial charge in [0.25, 0.3) is 0 Å². The Morgan fingerprint density at radius 2 is 1.70 bits per heavy atom. The number of nitrogens with zero attached hydrogens (tertiary/aromatic N) is 2. The van der Waals surface area contributed by atoms with Crippen LogP contribution in [0.5, 0.6) is 0 Å². The highest BCUT2D eigenvalue weighted by Gasteiger charge is 2.19. The van der Waals surface area contributed by atoms with Crippen LogP contribution in [0, 0.1) is 5.92 Å². The minimum Gasteiger partial charge on any atom is -0.372 e. The number of likely N-dealkylation sites (tertiary alicyclic amines) is 1. The van der Waals surface area contributed by atoms with Crippen LogP contribution in [0.15, 0.2) is 24.3 Å². The predicted octanol–water partition coefficient (Wildman–Crippen LogP) is 3.35. The molecule has 1 aromatic carbocycles. The van der Waals surface area contributed by atoms with E-state index in [0.717, 1.165) is 44.7 Å². The quantitative estimate of drug-likeness (QED) is 0.925. The van der Waals surface area contributed by atoms with Gasteiger partial charge in [-0.15, -0.1) is 0 Å². The molecule has 23 heavy (non-hydrogen) atoms. The minimum atomic E-state index is 0.158. The van der Waals surface area contributed by atoms with Crippen molar-refractivity contribution in [2.45, 2.75) is 38.5 Å². The van der Waals surface area contributed by atoms with Gasteiger partial charge in [0.2, 0.25) is 5.91 Å². The van der Waals surface area contributed by atoms with Crippen molar-refractivity contribution in [3.05, 3.63) is 24.3 Å². The predicted molar refractivity (Wildman–Crippen MR) is 96.0 cm³/mol. The summed E-state index contributed by atoms with van der Waals surface area (Å²) in [6, 6.07) is 8.35. The number of amides is 1. The number of carbonyl (C=O) groups excluding carboxylic acids is 1. The number of hydrogen-bond acceptors (Lipinski definition) is 3. The SMILES string of the molecule is CN1CCC(CC(=O)Nc2ccc(N3CCCCC3)cc2)CC1. The summed E-state index contributed by atoms with van der Waals surface area (Å²) in [4.78, 5) is 17.0. The van der Waals surface area contributed by atoms with Gasteiger partial charge in [-0.25, -0.2) is 0 Å². The number of carbonyl (C=O) groups is 1. The summed E-state index contributed by atoms with van der Waals surface area (Å²) in [5.41, 5.74) is 2.20. The van der Waals surface area contributed by atoms with Crippen molar-refractivity contribution in [2.75, 3.05) is 43.4 Å². The molecule has 0 unspecified atom stereocenters. The molecule has 2 fully saturated rings. The fourth-order valence-electron chi connectivity index (χ4n) is 3.65. The molecule has 2 aliphatic heterocycles. The van der Waals surface area contributed by atoms with E-state index in [1.807, 2.05) is 12.1 Å². The standard InChI is InChI=1S/C19H29N3O/c1-21-13-9-16(10-14-21)15-19(23)20-17-5-7-18(8-6-17)22-11-3-2-4-12-22/h5-8,16H,2-4,9-15H2,1H3,(H,20,23). The van der Waals surface area contributed by atoms with Crippen LogP contribution in [-0.4, -0.2) is 44.0 Å². The lowest BCUT2D eigenvalue weighted by Crippen LogP contribution is -2.32. The van der Waals surface area contributed by atoms with Gasteiger partial charge in [0.15, 0.2) is 0 Å². The summed E-state index contributed by atoms with van der Waals surface area (Å²) in [6.45, 7) is 4.54. The van der Waals surface area contributed by atoms with Crippen molar-refractivity contribution in [2.24, 2.45) is 5.92 Å². The Bertz CT molecular complexity index is 500. The van der Waals surface area contributed by atoms with Crippen LogP contribution < -0.4 is 10.2 Å². The maximum absolute atomic E-state index is 12.2. The Labute approximate surface area is 139 Å². The summed E-state index contributed by atoms with van der Waals surface area (Å²) < 4.78 is 0. The molecule has 0 bridgehead atoms. The monoisotopic (exact) mass is 315 g/mol. The lowest BCUT2D eigenvalue weighted by Gasteiger charge is -2.29. The van der Waals surface area contributed by atoms with Crippen molar-refractivity contribution in [3.63, 3.8) is 0 Å². The third-order valence-electron chi connectivity index (χ3n) is 5.18. The molecule has 0 radical (unpaired) electrons. The highest BCUT2D eigenvalue weighted by molar-refractivity contribution is 5.91. The zero-order valence-corrected chi connectivity index (χ0v) is 14.3. The van der Waals surface area contributed by atoms with Crippen LogP contribution in [0.25, 0.3) is 0 Å². The normalized spacial score (nSPS) is 20.5. The highest BCUT2D eigenvalue weighted by Crippen LogP contribution is 2.23. The Morgan fingerprint density at radius 3 is 2.35 bits per heavy atom. The maximum Gasteiger partial charge on any atom is 0.224 e. The first-order valence-corrected chi connectivity index (χ1v) is 9.04. The maximum atomic E-state index is 12.2. The lowest BCUT2D eigenvalue weighted by atomic mass is 9.93. The van der Waals surface area contributed by atoms with Gasteiger partial charge >= 0.3 is 0 Å². The Kier molecular flexibility index (Phi) is 5.55. The molecule has 1 amide bonds. The molecule has 4 nitrogen and oxygen atoms in total.